The summed E-state index contributed by atoms with van der Waals surface area (Å²) in [4.78, 5) is 23.6. The summed E-state index contributed by atoms with van der Waals surface area (Å²) in [5, 5.41) is 11.8. The fourth-order valence-electron chi connectivity index (χ4n) is 3.32. The third kappa shape index (κ3) is 2.30. The van der Waals surface area contributed by atoms with Gasteiger partial charge in [0.25, 0.3) is 0 Å². The molecular formula is C15H13F2NO3. The van der Waals surface area contributed by atoms with E-state index in [1.807, 2.05) is 12.2 Å². The van der Waals surface area contributed by atoms with Gasteiger partial charge >= 0.3 is 5.97 Å². The maximum absolute atomic E-state index is 13.1. The molecule has 0 saturated heterocycles. The molecule has 1 fully saturated rings. The molecule has 21 heavy (non-hydrogen) atoms. The molecule has 3 rings (SSSR count). The summed E-state index contributed by atoms with van der Waals surface area (Å²) in [5.41, 5.74) is 0.120. The molecular weight excluding hydrogens is 280 g/mol. The van der Waals surface area contributed by atoms with Crippen molar-refractivity contribution in [2.24, 2.45) is 23.7 Å². The number of nitrogens with one attached hydrogen (secondary N) is 1. The van der Waals surface area contributed by atoms with Crippen molar-refractivity contribution >= 4 is 17.6 Å². The molecule has 4 nitrogen and oxygen atoms in total. The molecule has 0 unspecified atom stereocenters. The zero-order chi connectivity index (χ0) is 15.1. The number of benzene rings is 1. The topological polar surface area (TPSA) is 66.4 Å². The highest BCUT2D eigenvalue weighted by Crippen LogP contribution is 2.48. The maximum Gasteiger partial charge on any atom is 0.307 e. The van der Waals surface area contributed by atoms with Crippen LogP contribution in [0.25, 0.3) is 0 Å². The lowest BCUT2D eigenvalue weighted by Crippen LogP contribution is -2.36. The number of carboxylic acid groups (broad SMARTS) is 1. The molecule has 2 N–H and O–H groups in total. The van der Waals surface area contributed by atoms with E-state index in [1.54, 1.807) is 0 Å². The standard InChI is InChI=1S/C15H13F2NO3/c16-10-4-3-9(6-11(10)17)18-14(19)12-7-1-2-8(5-7)13(12)15(20)21/h1-4,6-8,12-13H,5H2,(H,18,19)(H,20,21)/t7-,8+,12-,13+/m1/s1. The lowest BCUT2D eigenvalue weighted by Gasteiger charge is -2.23. The van der Waals surface area contributed by atoms with E-state index in [0.717, 1.165) is 12.1 Å². The minimum absolute atomic E-state index is 0.110. The van der Waals surface area contributed by atoms with Gasteiger partial charge in [0, 0.05) is 11.8 Å². The zero-order valence-electron chi connectivity index (χ0n) is 10.9. The van der Waals surface area contributed by atoms with E-state index in [4.69, 9.17) is 0 Å². The van der Waals surface area contributed by atoms with Gasteiger partial charge in [-0.2, -0.15) is 0 Å². The van der Waals surface area contributed by atoms with E-state index in [0.29, 0.717) is 6.42 Å². The molecule has 1 aromatic carbocycles. The van der Waals surface area contributed by atoms with Crippen LogP contribution in [-0.4, -0.2) is 17.0 Å². The van der Waals surface area contributed by atoms with Crippen molar-refractivity contribution in [2.45, 2.75) is 6.42 Å². The van der Waals surface area contributed by atoms with E-state index >= 15 is 0 Å². The van der Waals surface area contributed by atoms with Crippen LogP contribution in [0.15, 0.2) is 30.4 Å². The molecule has 4 atom stereocenters. The first kappa shape index (κ1) is 13.7. The van der Waals surface area contributed by atoms with Gasteiger partial charge < -0.3 is 10.4 Å². The molecule has 1 saturated carbocycles. The van der Waals surface area contributed by atoms with Crippen LogP contribution in [-0.2, 0) is 9.59 Å². The Hall–Kier alpha value is -2.24. The van der Waals surface area contributed by atoms with Crippen LogP contribution in [0.4, 0.5) is 14.5 Å². The number of rotatable bonds is 3. The number of fused-ring (bicyclic) bond motifs is 2. The second kappa shape index (κ2) is 4.95. The Morgan fingerprint density at radius 1 is 1.10 bits per heavy atom. The van der Waals surface area contributed by atoms with E-state index in [2.05, 4.69) is 5.32 Å². The summed E-state index contributed by atoms with van der Waals surface area (Å²) in [5.74, 6) is -5.21. The van der Waals surface area contributed by atoms with Gasteiger partial charge in [-0.25, -0.2) is 8.78 Å². The molecule has 2 aliphatic rings. The quantitative estimate of drug-likeness (QED) is 0.841. The minimum Gasteiger partial charge on any atom is -0.481 e. The van der Waals surface area contributed by atoms with Crippen molar-refractivity contribution < 1.29 is 23.5 Å². The molecule has 1 amide bonds. The van der Waals surface area contributed by atoms with Gasteiger partial charge in [0.15, 0.2) is 11.6 Å². The van der Waals surface area contributed by atoms with Crippen molar-refractivity contribution in [1.29, 1.82) is 0 Å². The zero-order valence-corrected chi connectivity index (χ0v) is 10.9. The second-order valence-corrected chi connectivity index (χ2v) is 5.46. The second-order valence-electron chi connectivity index (χ2n) is 5.46. The van der Waals surface area contributed by atoms with E-state index < -0.39 is 35.3 Å². The number of carbonyl (C=O) groups is 2. The number of anilines is 1. The molecule has 2 bridgehead atoms. The Kier molecular flexibility index (Phi) is 3.23. The SMILES string of the molecule is O=C(O)[C@@H]1[C@H](C(=O)Nc2ccc(F)c(F)c2)[C@@H]2C=C[C@H]1C2. The van der Waals surface area contributed by atoms with Gasteiger partial charge in [-0.1, -0.05) is 12.2 Å². The van der Waals surface area contributed by atoms with Gasteiger partial charge in [-0.15, -0.1) is 0 Å². The van der Waals surface area contributed by atoms with Gasteiger partial charge in [0.2, 0.25) is 5.91 Å². The lowest BCUT2D eigenvalue weighted by atomic mass is 9.82. The van der Waals surface area contributed by atoms with Crippen molar-refractivity contribution in [1.82, 2.24) is 0 Å². The van der Waals surface area contributed by atoms with Crippen molar-refractivity contribution in [3.05, 3.63) is 42.0 Å². The largest absolute Gasteiger partial charge is 0.481 e. The molecule has 0 heterocycles. The highest BCUT2D eigenvalue weighted by molar-refractivity contribution is 5.96. The average molecular weight is 293 g/mol. The van der Waals surface area contributed by atoms with Gasteiger partial charge in [-0.3, -0.25) is 9.59 Å². The molecule has 6 heteroatoms. The van der Waals surface area contributed by atoms with Crippen LogP contribution >= 0.6 is 0 Å². The molecule has 1 aromatic rings. The number of carbonyl (C=O) groups excluding carboxylic acids is 1. The highest BCUT2D eigenvalue weighted by Gasteiger charge is 2.51. The predicted molar refractivity (Wildman–Crippen MR) is 70.3 cm³/mol. The number of amides is 1. The number of aliphatic carboxylic acids is 1. The molecule has 110 valence electrons. The summed E-state index contributed by atoms with van der Waals surface area (Å²) in [7, 11) is 0. The highest BCUT2D eigenvalue weighted by atomic mass is 19.2. The first-order valence-corrected chi connectivity index (χ1v) is 6.64. The summed E-state index contributed by atoms with van der Waals surface area (Å²) < 4.78 is 26.0. The minimum atomic E-state index is -1.06. The molecule has 2 aliphatic carbocycles. The monoisotopic (exact) mass is 293 g/mol. The number of hydrogen-bond acceptors (Lipinski definition) is 2. The number of halogens is 2. The van der Waals surface area contributed by atoms with E-state index in [9.17, 15) is 23.5 Å². The third-order valence-corrected chi connectivity index (χ3v) is 4.23. The fraction of sp³-hybridized carbons (Fsp3) is 0.333. The number of hydrogen-bond donors (Lipinski definition) is 2. The Morgan fingerprint density at radius 2 is 1.76 bits per heavy atom. The van der Waals surface area contributed by atoms with Crippen LogP contribution in [0.1, 0.15) is 6.42 Å². The van der Waals surface area contributed by atoms with Gasteiger partial charge in [0.1, 0.15) is 0 Å². The maximum atomic E-state index is 13.1. The first-order valence-electron chi connectivity index (χ1n) is 6.64. The van der Waals surface area contributed by atoms with Gasteiger partial charge in [-0.05, 0) is 30.4 Å². The fourth-order valence-corrected chi connectivity index (χ4v) is 3.32. The first-order chi connectivity index (χ1) is 9.97. The Balaban J connectivity index is 1.80. The number of carboxylic acids is 1. The Morgan fingerprint density at radius 3 is 2.38 bits per heavy atom. The molecule has 0 aromatic heterocycles. The van der Waals surface area contributed by atoms with Crippen LogP contribution in [0.5, 0.6) is 0 Å². The smallest absolute Gasteiger partial charge is 0.307 e. The molecule has 0 radical (unpaired) electrons. The van der Waals surface area contributed by atoms with E-state index in [-0.39, 0.29) is 17.5 Å². The Labute approximate surface area is 119 Å². The summed E-state index contributed by atoms with van der Waals surface area (Å²) >= 11 is 0. The summed E-state index contributed by atoms with van der Waals surface area (Å²) in [6.07, 6.45) is 4.34. The molecule has 0 spiro atoms. The van der Waals surface area contributed by atoms with Crippen LogP contribution in [0, 0.1) is 35.3 Å². The lowest BCUT2D eigenvalue weighted by molar-refractivity contribution is -0.146. The summed E-state index contributed by atoms with van der Waals surface area (Å²) in [6.45, 7) is 0. The normalized spacial score (nSPS) is 29.6. The van der Waals surface area contributed by atoms with Gasteiger partial charge in [0.05, 0.1) is 11.8 Å². The predicted octanol–water partition coefficient (Wildman–Crippen LogP) is 2.43. The van der Waals surface area contributed by atoms with Crippen molar-refractivity contribution in [2.75, 3.05) is 5.32 Å². The summed E-state index contributed by atoms with van der Waals surface area (Å²) in [6, 6.07) is 3.04. The van der Waals surface area contributed by atoms with Crippen LogP contribution < -0.4 is 5.32 Å². The van der Waals surface area contributed by atoms with Crippen molar-refractivity contribution in [3.63, 3.8) is 0 Å². The molecule has 0 aliphatic heterocycles. The van der Waals surface area contributed by atoms with Crippen LogP contribution in [0.3, 0.4) is 0 Å². The average Bonchev–Trinajstić information content (AvgIpc) is 3.03. The van der Waals surface area contributed by atoms with Crippen molar-refractivity contribution in [3.8, 4) is 0 Å². The van der Waals surface area contributed by atoms with Crippen LogP contribution in [0.2, 0.25) is 0 Å². The third-order valence-electron chi connectivity index (χ3n) is 4.23. The number of allylic oxidation sites excluding steroid dienone is 2. The van der Waals surface area contributed by atoms with E-state index in [1.165, 1.54) is 6.07 Å². The Bertz CT molecular complexity index is 644.